The van der Waals surface area contributed by atoms with Crippen LogP contribution in [0.2, 0.25) is 0 Å². The average Bonchev–Trinajstić information content (AvgIpc) is 2.92. The lowest BCUT2D eigenvalue weighted by molar-refractivity contribution is 0.218. The molecule has 0 aliphatic heterocycles. The first-order valence-corrected chi connectivity index (χ1v) is 6.36. The third-order valence-electron chi connectivity index (χ3n) is 2.08. The Kier molecular flexibility index (Phi) is 4.48. The van der Waals surface area contributed by atoms with Crippen LogP contribution < -0.4 is 5.32 Å². The first kappa shape index (κ1) is 12.8. The molecule has 0 bridgehead atoms. The van der Waals surface area contributed by atoms with Gasteiger partial charge in [-0.1, -0.05) is 11.8 Å². The van der Waals surface area contributed by atoms with Gasteiger partial charge in [-0.05, 0) is 0 Å². The minimum absolute atomic E-state index is 0.536. The van der Waals surface area contributed by atoms with Crippen molar-refractivity contribution in [3.05, 3.63) is 18.7 Å². The van der Waals surface area contributed by atoms with E-state index in [1.54, 1.807) is 37.4 Å². The lowest BCUT2D eigenvalue weighted by atomic mass is 10.8. The molecule has 2 heterocycles. The number of ether oxygens (including phenoxy) is 1. The van der Waals surface area contributed by atoms with E-state index >= 15 is 0 Å². The molecule has 0 fully saturated rings. The third-order valence-corrected chi connectivity index (χ3v) is 2.89. The molecule has 0 saturated heterocycles. The molecule has 7 nitrogen and oxygen atoms in total. The number of hydrogen-bond donors (Lipinski definition) is 1. The Morgan fingerprint density at radius 3 is 2.94 bits per heavy atom. The molecule has 0 aliphatic carbocycles. The third kappa shape index (κ3) is 3.17. The molecule has 0 radical (unpaired) electrons. The molecule has 0 spiro atoms. The summed E-state index contributed by atoms with van der Waals surface area (Å²) >= 11 is 1.53. The fourth-order valence-corrected chi connectivity index (χ4v) is 1.96. The van der Waals surface area contributed by atoms with Crippen molar-refractivity contribution in [1.29, 1.82) is 0 Å². The van der Waals surface area contributed by atoms with Crippen LogP contribution in [0.15, 0.2) is 23.9 Å². The minimum atomic E-state index is 0.536. The number of nitrogens with zero attached hydrogens (tertiary/aromatic N) is 5. The number of anilines is 1. The van der Waals surface area contributed by atoms with Gasteiger partial charge in [-0.2, -0.15) is 15.0 Å². The van der Waals surface area contributed by atoms with Crippen LogP contribution in [0.25, 0.3) is 5.95 Å². The van der Waals surface area contributed by atoms with Crippen LogP contribution in [-0.2, 0) is 4.74 Å². The van der Waals surface area contributed by atoms with Crippen molar-refractivity contribution >= 4 is 17.7 Å². The maximum absolute atomic E-state index is 5.00. The van der Waals surface area contributed by atoms with E-state index in [2.05, 4.69) is 25.3 Å². The van der Waals surface area contributed by atoms with E-state index in [4.69, 9.17) is 4.74 Å². The number of rotatable bonds is 6. The predicted molar refractivity (Wildman–Crippen MR) is 69.1 cm³/mol. The molecule has 0 amide bonds. The normalized spacial score (nSPS) is 10.6. The zero-order chi connectivity index (χ0) is 12.8. The zero-order valence-electron chi connectivity index (χ0n) is 10.2. The molecule has 0 atom stereocenters. The molecule has 1 N–H and O–H groups in total. The number of imidazole rings is 1. The fraction of sp³-hybridized carbons (Fsp3) is 0.400. The first-order valence-electron chi connectivity index (χ1n) is 5.37. The average molecular weight is 266 g/mol. The van der Waals surface area contributed by atoms with Crippen molar-refractivity contribution in [1.82, 2.24) is 24.5 Å². The van der Waals surface area contributed by atoms with Crippen LogP contribution in [0, 0.1) is 0 Å². The Labute approximate surface area is 109 Å². The van der Waals surface area contributed by atoms with Gasteiger partial charge in [0, 0.05) is 32.3 Å². The summed E-state index contributed by atoms with van der Waals surface area (Å²) in [5.74, 6) is 1.88. The summed E-state index contributed by atoms with van der Waals surface area (Å²) in [6.07, 6.45) is 5.12. The first-order chi connectivity index (χ1) is 8.83. The number of methoxy groups -OCH3 is 1. The van der Waals surface area contributed by atoms with Crippen LogP contribution in [0.1, 0.15) is 0 Å². The summed E-state index contributed by atoms with van der Waals surface area (Å²) in [5, 5.41) is 3.58. The van der Waals surface area contributed by atoms with Crippen LogP contribution in [0.4, 0.5) is 5.95 Å². The summed E-state index contributed by atoms with van der Waals surface area (Å²) < 4.78 is 6.74. The molecule has 2 aromatic heterocycles. The summed E-state index contributed by atoms with van der Waals surface area (Å²) in [5.41, 5.74) is 0. The lowest BCUT2D eigenvalue weighted by Crippen LogP contribution is -2.07. The van der Waals surface area contributed by atoms with E-state index in [1.165, 1.54) is 11.8 Å². The van der Waals surface area contributed by atoms with Crippen molar-refractivity contribution in [2.45, 2.75) is 5.16 Å². The molecule has 0 aromatic carbocycles. The fourth-order valence-electron chi connectivity index (χ4n) is 1.23. The number of thioether (sulfide) groups is 1. The Bertz CT molecular complexity index is 489. The van der Waals surface area contributed by atoms with Gasteiger partial charge in [0.1, 0.15) is 6.33 Å². The van der Waals surface area contributed by atoms with Crippen LogP contribution in [-0.4, -0.2) is 51.0 Å². The number of hydrogen-bond acceptors (Lipinski definition) is 7. The second-order valence-electron chi connectivity index (χ2n) is 3.30. The van der Waals surface area contributed by atoms with Crippen molar-refractivity contribution < 1.29 is 4.74 Å². The Morgan fingerprint density at radius 2 is 2.28 bits per heavy atom. The van der Waals surface area contributed by atoms with Gasteiger partial charge in [0.15, 0.2) is 5.16 Å². The van der Waals surface area contributed by atoms with Gasteiger partial charge in [0.2, 0.25) is 11.9 Å². The SMILES string of the molecule is CNc1nc(SCCOC)nc(-n2ccnc2)n1. The predicted octanol–water partition coefficient (Wildman–Crippen LogP) is 0.837. The Morgan fingerprint density at radius 1 is 1.39 bits per heavy atom. The standard InChI is InChI=1S/C10H14N6OS/c1-11-8-13-9(16-4-3-12-7-16)15-10(14-8)18-6-5-17-2/h3-4,7H,5-6H2,1-2H3,(H,11,13,14,15). The van der Waals surface area contributed by atoms with Gasteiger partial charge in [0.25, 0.3) is 0 Å². The zero-order valence-corrected chi connectivity index (χ0v) is 11.0. The molecule has 18 heavy (non-hydrogen) atoms. The van der Waals surface area contributed by atoms with E-state index in [1.807, 2.05) is 0 Å². The van der Waals surface area contributed by atoms with Gasteiger partial charge in [-0.3, -0.25) is 4.57 Å². The van der Waals surface area contributed by atoms with Crippen molar-refractivity contribution in [3.8, 4) is 5.95 Å². The molecule has 0 aliphatic rings. The van der Waals surface area contributed by atoms with E-state index in [0.29, 0.717) is 23.7 Å². The van der Waals surface area contributed by atoms with E-state index in [9.17, 15) is 0 Å². The molecule has 2 rings (SSSR count). The van der Waals surface area contributed by atoms with Gasteiger partial charge in [-0.25, -0.2) is 4.98 Å². The smallest absolute Gasteiger partial charge is 0.240 e. The van der Waals surface area contributed by atoms with Crippen molar-refractivity contribution in [3.63, 3.8) is 0 Å². The summed E-state index contributed by atoms with van der Waals surface area (Å²) in [4.78, 5) is 16.9. The van der Waals surface area contributed by atoms with E-state index in [0.717, 1.165) is 5.75 Å². The van der Waals surface area contributed by atoms with Crippen LogP contribution in [0.5, 0.6) is 0 Å². The maximum Gasteiger partial charge on any atom is 0.240 e. The highest BCUT2D eigenvalue weighted by molar-refractivity contribution is 7.99. The minimum Gasteiger partial charge on any atom is -0.384 e. The van der Waals surface area contributed by atoms with Gasteiger partial charge in [0.05, 0.1) is 6.61 Å². The maximum atomic E-state index is 5.00. The van der Waals surface area contributed by atoms with Gasteiger partial charge >= 0.3 is 0 Å². The highest BCUT2D eigenvalue weighted by atomic mass is 32.2. The van der Waals surface area contributed by atoms with Crippen molar-refractivity contribution in [2.24, 2.45) is 0 Å². The summed E-state index contributed by atoms with van der Waals surface area (Å²) in [6.45, 7) is 0.658. The molecule has 8 heteroatoms. The molecule has 96 valence electrons. The quantitative estimate of drug-likeness (QED) is 0.613. The second kappa shape index (κ2) is 6.31. The monoisotopic (exact) mass is 266 g/mol. The molecular formula is C10H14N6OS. The largest absolute Gasteiger partial charge is 0.384 e. The van der Waals surface area contributed by atoms with Crippen molar-refractivity contribution in [2.75, 3.05) is 31.8 Å². The number of aromatic nitrogens is 5. The highest BCUT2D eigenvalue weighted by Crippen LogP contribution is 2.15. The molecule has 0 unspecified atom stereocenters. The molecule has 0 saturated carbocycles. The lowest BCUT2D eigenvalue weighted by Gasteiger charge is -2.06. The second-order valence-corrected chi connectivity index (χ2v) is 4.36. The van der Waals surface area contributed by atoms with E-state index in [-0.39, 0.29) is 0 Å². The van der Waals surface area contributed by atoms with Crippen LogP contribution >= 0.6 is 11.8 Å². The summed E-state index contributed by atoms with van der Waals surface area (Å²) in [7, 11) is 3.44. The molecular weight excluding hydrogens is 252 g/mol. The number of nitrogens with one attached hydrogen (secondary N) is 1. The Balaban J connectivity index is 2.22. The topological polar surface area (TPSA) is 77.8 Å². The van der Waals surface area contributed by atoms with E-state index < -0.39 is 0 Å². The molecule has 2 aromatic rings. The Hall–Kier alpha value is -1.67. The van der Waals surface area contributed by atoms with Gasteiger partial charge < -0.3 is 10.1 Å². The highest BCUT2D eigenvalue weighted by Gasteiger charge is 2.07. The summed E-state index contributed by atoms with van der Waals surface area (Å²) in [6, 6.07) is 0. The van der Waals surface area contributed by atoms with Gasteiger partial charge in [-0.15, -0.1) is 0 Å². The van der Waals surface area contributed by atoms with Crippen LogP contribution in [0.3, 0.4) is 0 Å².